The zero-order chi connectivity index (χ0) is 26.2. The second-order valence-corrected chi connectivity index (χ2v) is 8.39. The van der Waals surface area contributed by atoms with Gasteiger partial charge in [0.05, 0.1) is 12.2 Å². The molecule has 0 radical (unpaired) electrons. The lowest BCUT2D eigenvalue weighted by molar-refractivity contribution is -0.113. The Labute approximate surface area is 209 Å². The molecule has 0 aliphatic heterocycles. The molecule has 1 aromatic carbocycles. The highest BCUT2D eigenvalue weighted by Crippen LogP contribution is 2.20. The van der Waals surface area contributed by atoms with Gasteiger partial charge in [0.15, 0.2) is 5.78 Å². The van der Waals surface area contributed by atoms with E-state index in [0.717, 1.165) is 31.1 Å². The first-order valence-corrected chi connectivity index (χ1v) is 12.1. The maximum atomic E-state index is 14.1. The van der Waals surface area contributed by atoms with Crippen LogP contribution < -0.4 is 10.6 Å². The molecule has 0 amide bonds. The van der Waals surface area contributed by atoms with E-state index in [4.69, 9.17) is 0 Å². The number of hydrogen-bond donors (Lipinski definition) is 2. The van der Waals surface area contributed by atoms with E-state index in [1.165, 1.54) is 36.6 Å². The number of allylic oxidation sites excluding steroid dienone is 4. The molecule has 0 spiro atoms. The van der Waals surface area contributed by atoms with Crippen molar-refractivity contribution in [1.29, 1.82) is 0 Å². The molecule has 2 unspecified atom stereocenters. The van der Waals surface area contributed by atoms with Crippen LogP contribution in [0.2, 0.25) is 0 Å². The fourth-order valence-corrected chi connectivity index (χ4v) is 3.28. The molecule has 2 atom stereocenters. The van der Waals surface area contributed by atoms with Crippen LogP contribution in [-0.2, 0) is 4.79 Å². The smallest absolute Gasteiger partial charge is 0.174 e. The molecule has 0 saturated heterocycles. The van der Waals surface area contributed by atoms with Gasteiger partial charge in [-0.05, 0) is 71.1 Å². The maximum Gasteiger partial charge on any atom is 0.174 e. The lowest BCUT2D eigenvalue weighted by atomic mass is 10.1. The molecule has 5 nitrogen and oxygen atoms in total. The van der Waals surface area contributed by atoms with Crippen molar-refractivity contribution in [2.45, 2.75) is 52.6 Å². The minimum absolute atomic E-state index is 0.123. The number of rotatable bonds is 15. The molecule has 1 aromatic rings. The van der Waals surface area contributed by atoms with Gasteiger partial charge in [0.2, 0.25) is 0 Å². The highest BCUT2D eigenvalue weighted by atomic mass is 19.1. The minimum atomic E-state index is -0.708. The van der Waals surface area contributed by atoms with E-state index in [1.807, 2.05) is 19.1 Å². The Morgan fingerprint density at radius 1 is 1.20 bits per heavy atom. The van der Waals surface area contributed by atoms with E-state index < -0.39 is 11.6 Å². The van der Waals surface area contributed by atoms with E-state index in [0.29, 0.717) is 11.7 Å². The van der Waals surface area contributed by atoms with Gasteiger partial charge in [-0.25, -0.2) is 8.78 Å². The molecule has 0 bridgehead atoms. The number of halogens is 2. The summed E-state index contributed by atoms with van der Waals surface area (Å²) >= 11 is 0. The number of likely N-dealkylation sites (N-methyl/N-ethyl adjacent to an activating group) is 1. The van der Waals surface area contributed by atoms with Crippen LogP contribution >= 0.6 is 0 Å². The number of aliphatic imine (C=N–C) groups is 1. The van der Waals surface area contributed by atoms with Crippen molar-refractivity contribution in [3.8, 4) is 0 Å². The maximum absolute atomic E-state index is 14.1. The first-order valence-electron chi connectivity index (χ1n) is 12.1. The number of nitrogens with one attached hydrogen (secondary N) is 2. The molecular weight excluding hydrogens is 446 g/mol. The van der Waals surface area contributed by atoms with Crippen molar-refractivity contribution < 1.29 is 13.6 Å². The van der Waals surface area contributed by atoms with Gasteiger partial charge in [0.25, 0.3) is 0 Å². The third kappa shape index (κ3) is 11.9. The fourth-order valence-electron chi connectivity index (χ4n) is 3.28. The lowest BCUT2D eigenvalue weighted by Gasteiger charge is -2.24. The summed E-state index contributed by atoms with van der Waals surface area (Å²) in [6.07, 6.45) is 14.0. The summed E-state index contributed by atoms with van der Waals surface area (Å²) in [7, 11) is 4.17. The normalized spacial score (nSPS) is 15.0. The second kappa shape index (κ2) is 16.7. The predicted molar refractivity (Wildman–Crippen MR) is 143 cm³/mol. The van der Waals surface area contributed by atoms with Crippen molar-refractivity contribution in [2.75, 3.05) is 27.2 Å². The topological polar surface area (TPSA) is 56.7 Å². The molecule has 0 aromatic heterocycles. The quantitative estimate of drug-likeness (QED) is 0.201. The molecule has 1 rings (SSSR count). The van der Waals surface area contributed by atoms with Crippen molar-refractivity contribution >= 4 is 17.7 Å². The van der Waals surface area contributed by atoms with Gasteiger partial charge in [-0.1, -0.05) is 32.1 Å². The third-order valence-corrected chi connectivity index (χ3v) is 5.34. The molecule has 2 N–H and O–H groups in total. The Hall–Kier alpha value is -2.90. The Balaban J connectivity index is 2.71. The van der Waals surface area contributed by atoms with Gasteiger partial charge in [-0.3, -0.25) is 9.79 Å². The van der Waals surface area contributed by atoms with Crippen LogP contribution in [0.5, 0.6) is 0 Å². The Bertz CT molecular complexity index is 948. The molecule has 0 heterocycles. The van der Waals surface area contributed by atoms with Crippen LogP contribution in [0.4, 0.5) is 8.78 Å². The second-order valence-electron chi connectivity index (χ2n) is 8.39. The number of hydrogen-bond acceptors (Lipinski definition) is 5. The van der Waals surface area contributed by atoms with E-state index in [2.05, 4.69) is 54.5 Å². The molecular formula is C28H40F2N4O. The van der Waals surface area contributed by atoms with Gasteiger partial charge in [-0.15, -0.1) is 0 Å². The van der Waals surface area contributed by atoms with Crippen LogP contribution in [0.15, 0.2) is 65.3 Å². The molecule has 192 valence electrons. The summed E-state index contributed by atoms with van der Waals surface area (Å²) in [4.78, 5) is 18.7. The fraction of sp³-hybridized carbons (Fsp3) is 0.429. The Morgan fingerprint density at radius 2 is 1.94 bits per heavy atom. The first-order chi connectivity index (χ1) is 16.7. The van der Waals surface area contributed by atoms with Crippen molar-refractivity contribution in [1.82, 2.24) is 15.5 Å². The van der Waals surface area contributed by atoms with Crippen molar-refractivity contribution in [3.63, 3.8) is 0 Å². The number of nitrogens with zero attached hydrogens (tertiary/aromatic N) is 2. The first kappa shape index (κ1) is 30.1. The minimum Gasteiger partial charge on any atom is -0.378 e. The van der Waals surface area contributed by atoms with E-state index in [9.17, 15) is 13.6 Å². The summed E-state index contributed by atoms with van der Waals surface area (Å²) in [5, 5.41) is 6.69. The number of benzene rings is 1. The monoisotopic (exact) mass is 486 g/mol. The molecule has 0 aliphatic carbocycles. The lowest BCUT2D eigenvalue weighted by Crippen LogP contribution is -2.40. The summed E-state index contributed by atoms with van der Waals surface area (Å²) in [5.41, 5.74) is 1.34. The average Bonchev–Trinajstić information content (AvgIpc) is 2.80. The molecule has 0 fully saturated rings. The zero-order valence-electron chi connectivity index (χ0n) is 21.8. The van der Waals surface area contributed by atoms with Gasteiger partial charge in [0, 0.05) is 42.2 Å². The van der Waals surface area contributed by atoms with Gasteiger partial charge in [0.1, 0.15) is 11.6 Å². The number of carbonyl (C=O) groups is 1. The van der Waals surface area contributed by atoms with Gasteiger partial charge in [-0.2, -0.15) is 0 Å². The summed E-state index contributed by atoms with van der Waals surface area (Å²) in [6.45, 7) is 9.04. The third-order valence-electron chi connectivity index (χ3n) is 5.34. The Kier molecular flexibility index (Phi) is 14.4. The standard InChI is InChI=1S/C28H40F2N4O/c1-7-11-23(16-14-21(4)32-19-24(8-2)34(5)6)33-20-25(35)12-10-13-28(31-9-3)26-17-15-22(29)18-27(26)30/h9-18,21,24,32-33H,7-8,19-20H2,1-6H3/b12-10+,16-14-,23-11+,28-13-,31-9?. The van der Waals surface area contributed by atoms with Gasteiger partial charge >= 0.3 is 0 Å². The van der Waals surface area contributed by atoms with E-state index in [1.54, 1.807) is 6.92 Å². The highest BCUT2D eigenvalue weighted by Gasteiger charge is 2.09. The summed E-state index contributed by atoms with van der Waals surface area (Å²) < 4.78 is 27.3. The SMILES string of the molecule is CC=N/C(=C\C=C\C(=O)CNC(/C=C\C(C)NCC(CC)N(C)C)=C/CC)c1ccc(F)cc1F. The average molecular weight is 487 g/mol. The Morgan fingerprint density at radius 3 is 2.54 bits per heavy atom. The number of ketones is 1. The summed E-state index contributed by atoms with van der Waals surface area (Å²) in [5.74, 6) is -1.50. The molecule has 0 aliphatic rings. The number of carbonyl (C=O) groups excluding carboxylic acids is 1. The van der Waals surface area contributed by atoms with Crippen LogP contribution in [0.25, 0.3) is 5.70 Å². The summed E-state index contributed by atoms with van der Waals surface area (Å²) in [6, 6.07) is 3.98. The van der Waals surface area contributed by atoms with E-state index in [-0.39, 0.29) is 23.9 Å². The van der Waals surface area contributed by atoms with Crippen LogP contribution in [-0.4, -0.2) is 56.2 Å². The molecule has 0 saturated carbocycles. The van der Waals surface area contributed by atoms with E-state index >= 15 is 0 Å². The molecule has 35 heavy (non-hydrogen) atoms. The van der Waals surface area contributed by atoms with Crippen molar-refractivity contribution in [3.05, 3.63) is 77.6 Å². The van der Waals surface area contributed by atoms with Crippen LogP contribution in [0.1, 0.15) is 46.1 Å². The molecule has 7 heteroatoms. The van der Waals surface area contributed by atoms with Crippen LogP contribution in [0, 0.1) is 11.6 Å². The van der Waals surface area contributed by atoms with Gasteiger partial charge < -0.3 is 15.5 Å². The highest BCUT2D eigenvalue weighted by molar-refractivity contribution is 5.92. The van der Waals surface area contributed by atoms with Crippen LogP contribution in [0.3, 0.4) is 0 Å². The van der Waals surface area contributed by atoms with Crippen molar-refractivity contribution in [2.24, 2.45) is 4.99 Å². The predicted octanol–water partition coefficient (Wildman–Crippen LogP) is 5.28. The zero-order valence-corrected chi connectivity index (χ0v) is 21.8. The largest absolute Gasteiger partial charge is 0.378 e.